The summed E-state index contributed by atoms with van der Waals surface area (Å²) in [6.45, 7) is 7.34. The second-order valence-electron chi connectivity index (χ2n) is 5.46. The van der Waals surface area contributed by atoms with Crippen LogP contribution in [-0.4, -0.2) is 21.2 Å². The van der Waals surface area contributed by atoms with Gasteiger partial charge >= 0.3 is 0 Å². The summed E-state index contributed by atoms with van der Waals surface area (Å²) in [6, 6.07) is 2.11. The van der Waals surface area contributed by atoms with Crippen molar-refractivity contribution in [1.82, 2.24) is 14.7 Å². The molecule has 0 unspecified atom stereocenters. The molecule has 0 fully saturated rings. The molecule has 0 saturated carbocycles. The van der Waals surface area contributed by atoms with E-state index >= 15 is 0 Å². The molecule has 0 aliphatic carbocycles. The Hall–Kier alpha value is -1.55. The highest BCUT2D eigenvalue weighted by molar-refractivity contribution is 5.25. The standard InChI is InChI=1S/C15H21N3O/c1-11-14(12(2)17(3)16-11)10-18-7-4-5-15-13(9-18)6-8-19-15/h6,8H,4-5,7,9-10H2,1-3H3. The van der Waals surface area contributed by atoms with E-state index in [1.807, 2.05) is 18.0 Å². The second kappa shape index (κ2) is 4.85. The number of hydrogen-bond acceptors (Lipinski definition) is 3. The van der Waals surface area contributed by atoms with Crippen LogP contribution in [0, 0.1) is 13.8 Å². The van der Waals surface area contributed by atoms with Gasteiger partial charge in [0.25, 0.3) is 0 Å². The first-order valence-electron chi connectivity index (χ1n) is 6.92. The van der Waals surface area contributed by atoms with Crippen molar-refractivity contribution in [2.45, 2.75) is 39.8 Å². The van der Waals surface area contributed by atoms with Crippen LogP contribution >= 0.6 is 0 Å². The zero-order chi connectivity index (χ0) is 13.4. The van der Waals surface area contributed by atoms with E-state index in [-0.39, 0.29) is 0 Å². The molecule has 1 aliphatic rings. The van der Waals surface area contributed by atoms with Crippen molar-refractivity contribution in [3.63, 3.8) is 0 Å². The smallest absolute Gasteiger partial charge is 0.108 e. The highest BCUT2D eigenvalue weighted by Crippen LogP contribution is 2.22. The number of rotatable bonds is 2. The van der Waals surface area contributed by atoms with Gasteiger partial charge in [0.2, 0.25) is 0 Å². The van der Waals surface area contributed by atoms with Crippen molar-refractivity contribution in [2.75, 3.05) is 6.54 Å². The minimum absolute atomic E-state index is 0.982. The number of fused-ring (bicyclic) bond motifs is 1. The van der Waals surface area contributed by atoms with Gasteiger partial charge in [0, 0.05) is 43.4 Å². The Bertz CT molecular complexity index is 582. The van der Waals surface area contributed by atoms with Gasteiger partial charge in [-0.25, -0.2) is 0 Å². The van der Waals surface area contributed by atoms with Crippen molar-refractivity contribution in [2.24, 2.45) is 7.05 Å². The molecular weight excluding hydrogens is 238 g/mol. The van der Waals surface area contributed by atoms with E-state index < -0.39 is 0 Å². The van der Waals surface area contributed by atoms with E-state index in [1.165, 1.54) is 29.0 Å². The Morgan fingerprint density at radius 1 is 1.37 bits per heavy atom. The van der Waals surface area contributed by atoms with Crippen LogP contribution in [0.15, 0.2) is 16.7 Å². The minimum atomic E-state index is 0.982. The van der Waals surface area contributed by atoms with Crippen LogP contribution in [0.2, 0.25) is 0 Å². The summed E-state index contributed by atoms with van der Waals surface area (Å²) >= 11 is 0. The Labute approximate surface area is 114 Å². The van der Waals surface area contributed by atoms with Crippen molar-refractivity contribution in [3.05, 3.63) is 40.6 Å². The maximum absolute atomic E-state index is 5.54. The third kappa shape index (κ3) is 2.32. The van der Waals surface area contributed by atoms with Crippen molar-refractivity contribution >= 4 is 0 Å². The summed E-state index contributed by atoms with van der Waals surface area (Å²) in [5, 5.41) is 4.51. The molecule has 0 spiro atoms. The lowest BCUT2D eigenvalue weighted by atomic mass is 10.1. The zero-order valence-electron chi connectivity index (χ0n) is 11.9. The minimum Gasteiger partial charge on any atom is -0.469 e. The predicted molar refractivity (Wildman–Crippen MR) is 73.8 cm³/mol. The molecule has 4 heteroatoms. The molecule has 0 amide bonds. The number of nitrogens with zero attached hydrogens (tertiary/aromatic N) is 3. The zero-order valence-corrected chi connectivity index (χ0v) is 11.9. The van der Waals surface area contributed by atoms with Crippen LogP contribution in [0.1, 0.15) is 34.7 Å². The molecule has 0 aromatic carbocycles. The van der Waals surface area contributed by atoms with Gasteiger partial charge in [-0.15, -0.1) is 0 Å². The third-order valence-corrected chi connectivity index (χ3v) is 4.15. The average Bonchev–Trinajstić information content (AvgIpc) is 2.83. The monoisotopic (exact) mass is 259 g/mol. The van der Waals surface area contributed by atoms with Gasteiger partial charge in [-0.1, -0.05) is 0 Å². The quantitative estimate of drug-likeness (QED) is 0.831. The molecule has 19 heavy (non-hydrogen) atoms. The fourth-order valence-corrected chi connectivity index (χ4v) is 2.92. The van der Waals surface area contributed by atoms with Gasteiger partial charge in [-0.05, 0) is 32.9 Å². The second-order valence-corrected chi connectivity index (χ2v) is 5.46. The summed E-state index contributed by atoms with van der Waals surface area (Å²) < 4.78 is 7.52. The van der Waals surface area contributed by atoms with Crippen LogP contribution < -0.4 is 0 Å². The van der Waals surface area contributed by atoms with Gasteiger partial charge in [-0.2, -0.15) is 5.10 Å². The topological polar surface area (TPSA) is 34.2 Å². The molecule has 1 aliphatic heterocycles. The van der Waals surface area contributed by atoms with Crippen LogP contribution in [0.5, 0.6) is 0 Å². The van der Waals surface area contributed by atoms with Crippen molar-refractivity contribution in [3.8, 4) is 0 Å². The van der Waals surface area contributed by atoms with Gasteiger partial charge < -0.3 is 4.42 Å². The van der Waals surface area contributed by atoms with Gasteiger partial charge in [0.1, 0.15) is 5.76 Å². The van der Waals surface area contributed by atoms with Crippen molar-refractivity contribution < 1.29 is 4.42 Å². The van der Waals surface area contributed by atoms with E-state index in [9.17, 15) is 0 Å². The molecule has 0 atom stereocenters. The molecule has 102 valence electrons. The molecule has 0 saturated heterocycles. The van der Waals surface area contributed by atoms with E-state index in [0.717, 1.165) is 31.7 Å². The highest BCUT2D eigenvalue weighted by atomic mass is 16.3. The number of furan rings is 1. The molecule has 3 rings (SSSR count). The lowest BCUT2D eigenvalue weighted by Crippen LogP contribution is -2.23. The predicted octanol–water partition coefficient (Wildman–Crippen LogP) is 2.58. The molecule has 0 radical (unpaired) electrons. The maximum Gasteiger partial charge on any atom is 0.108 e. The van der Waals surface area contributed by atoms with Crippen LogP contribution in [-0.2, 0) is 26.6 Å². The normalized spacial score (nSPS) is 16.4. The highest BCUT2D eigenvalue weighted by Gasteiger charge is 2.19. The van der Waals surface area contributed by atoms with E-state index in [4.69, 9.17) is 4.42 Å². The summed E-state index contributed by atoms with van der Waals surface area (Å²) in [5.41, 5.74) is 5.14. The number of aryl methyl sites for hydroxylation is 3. The summed E-state index contributed by atoms with van der Waals surface area (Å²) in [5.74, 6) is 1.17. The third-order valence-electron chi connectivity index (χ3n) is 4.15. The molecule has 4 nitrogen and oxygen atoms in total. The first kappa shape index (κ1) is 12.5. The molecular formula is C15H21N3O. The molecule has 3 heterocycles. The van der Waals surface area contributed by atoms with Gasteiger partial charge in [0.05, 0.1) is 12.0 Å². The SMILES string of the molecule is Cc1nn(C)c(C)c1CN1CCCc2occc2C1. The number of aromatic nitrogens is 2. The lowest BCUT2D eigenvalue weighted by molar-refractivity contribution is 0.260. The van der Waals surface area contributed by atoms with E-state index in [2.05, 4.69) is 29.9 Å². The Morgan fingerprint density at radius 2 is 2.21 bits per heavy atom. The van der Waals surface area contributed by atoms with Crippen LogP contribution in [0.25, 0.3) is 0 Å². The van der Waals surface area contributed by atoms with Crippen LogP contribution in [0.3, 0.4) is 0 Å². The first-order valence-corrected chi connectivity index (χ1v) is 6.92. The molecule has 2 aromatic rings. The molecule has 2 aromatic heterocycles. The van der Waals surface area contributed by atoms with Gasteiger partial charge in [0.15, 0.2) is 0 Å². The van der Waals surface area contributed by atoms with E-state index in [0.29, 0.717) is 0 Å². The lowest BCUT2D eigenvalue weighted by Gasteiger charge is -2.20. The summed E-state index contributed by atoms with van der Waals surface area (Å²) in [7, 11) is 2.02. The van der Waals surface area contributed by atoms with Crippen molar-refractivity contribution in [1.29, 1.82) is 0 Å². The largest absolute Gasteiger partial charge is 0.469 e. The fourth-order valence-electron chi connectivity index (χ4n) is 2.92. The number of hydrogen-bond donors (Lipinski definition) is 0. The van der Waals surface area contributed by atoms with Gasteiger partial charge in [-0.3, -0.25) is 9.58 Å². The first-order chi connectivity index (χ1) is 9.15. The Morgan fingerprint density at radius 3 is 2.95 bits per heavy atom. The van der Waals surface area contributed by atoms with E-state index in [1.54, 1.807) is 0 Å². The summed E-state index contributed by atoms with van der Waals surface area (Å²) in [4.78, 5) is 2.50. The Kier molecular flexibility index (Phi) is 3.19. The average molecular weight is 259 g/mol. The molecule has 0 bridgehead atoms. The summed E-state index contributed by atoms with van der Waals surface area (Å²) in [6.07, 6.45) is 4.04. The van der Waals surface area contributed by atoms with Crippen LogP contribution in [0.4, 0.5) is 0 Å². The molecule has 0 N–H and O–H groups in total. The maximum atomic E-state index is 5.54. The fraction of sp³-hybridized carbons (Fsp3) is 0.533. The Balaban J connectivity index is 1.80.